The number of anilines is 1. The van der Waals surface area contributed by atoms with Crippen molar-refractivity contribution in [2.24, 2.45) is 0 Å². The van der Waals surface area contributed by atoms with Gasteiger partial charge in [0.15, 0.2) is 0 Å². The van der Waals surface area contributed by atoms with E-state index in [2.05, 4.69) is 21.4 Å². The Morgan fingerprint density at radius 1 is 0.966 bits per heavy atom. The molecule has 2 aromatic carbocycles. The number of amides is 2. The average molecular weight is 386 g/mol. The van der Waals surface area contributed by atoms with Crippen LogP contribution in [0.4, 0.5) is 5.82 Å². The second-order valence-electron chi connectivity index (χ2n) is 7.80. The zero-order valence-electron chi connectivity index (χ0n) is 16.1. The fourth-order valence-corrected chi connectivity index (χ4v) is 3.78. The van der Waals surface area contributed by atoms with E-state index >= 15 is 0 Å². The minimum atomic E-state index is -0.0784. The molecule has 1 saturated heterocycles. The van der Waals surface area contributed by atoms with Crippen LogP contribution in [0.5, 0.6) is 0 Å². The molecule has 1 saturated carbocycles. The highest BCUT2D eigenvalue weighted by atomic mass is 16.2. The van der Waals surface area contributed by atoms with Gasteiger partial charge in [-0.1, -0.05) is 24.3 Å². The summed E-state index contributed by atoms with van der Waals surface area (Å²) in [5.41, 5.74) is 3.96. The van der Waals surface area contributed by atoms with Crippen molar-refractivity contribution in [3.05, 3.63) is 54.4 Å². The number of hydrogen-bond acceptors (Lipinski definition) is 5. The Morgan fingerprint density at radius 2 is 1.76 bits per heavy atom. The van der Waals surface area contributed by atoms with Crippen LogP contribution in [-0.4, -0.2) is 32.7 Å². The van der Waals surface area contributed by atoms with Crippen LogP contribution in [-0.2, 0) is 16.1 Å². The van der Waals surface area contributed by atoms with E-state index in [-0.39, 0.29) is 11.8 Å². The molecule has 0 radical (unpaired) electrons. The monoisotopic (exact) mass is 386 g/mol. The van der Waals surface area contributed by atoms with E-state index in [0.29, 0.717) is 31.8 Å². The maximum absolute atomic E-state index is 12.1. The van der Waals surface area contributed by atoms with Crippen LogP contribution in [0, 0.1) is 0 Å². The molecular formula is C23H22N4O2. The third kappa shape index (κ3) is 3.70. The number of hydrogen-bond donors (Lipinski definition) is 1. The van der Waals surface area contributed by atoms with Gasteiger partial charge in [-0.25, -0.2) is 9.97 Å². The summed E-state index contributed by atoms with van der Waals surface area (Å²) in [7, 11) is 0. The summed E-state index contributed by atoms with van der Waals surface area (Å²) in [5.74, 6) is 0.718. The number of aromatic nitrogens is 2. The molecule has 1 aliphatic carbocycles. The molecule has 6 heteroatoms. The largest absolute Gasteiger partial charge is 0.367 e. The Kier molecular flexibility index (Phi) is 4.46. The molecule has 29 heavy (non-hydrogen) atoms. The maximum atomic E-state index is 12.1. The van der Waals surface area contributed by atoms with Gasteiger partial charge in [0.05, 0.1) is 12.1 Å². The Bertz CT molecular complexity index is 1090. The number of imide groups is 1. The van der Waals surface area contributed by atoms with E-state index in [1.54, 1.807) is 6.33 Å². The molecule has 1 N–H and O–H groups in total. The molecular weight excluding hydrogens is 364 g/mol. The normalized spacial score (nSPS) is 17.0. The molecule has 1 aromatic heterocycles. The number of nitrogens with one attached hydrogen (secondary N) is 1. The van der Waals surface area contributed by atoms with Crippen molar-refractivity contribution in [2.45, 2.75) is 44.7 Å². The molecule has 2 heterocycles. The highest BCUT2D eigenvalue weighted by Crippen LogP contribution is 2.31. The van der Waals surface area contributed by atoms with Gasteiger partial charge in [-0.2, -0.15) is 0 Å². The fraction of sp³-hybridized carbons (Fsp3) is 0.304. The van der Waals surface area contributed by atoms with E-state index in [4.69, 9.17) is 0 Å². The van der Waals surface area contributed by atoms with Crippen molar-refractivity contribution in [3.8, 4) is 11.1 Å². The zero-order chi connectivity index (χ0) is 19.8. The number of carbonyl (C=O) groups is 2. The van der Waals surface area contributed by atoms with Gasteiger partial charge in [-0.05, 0) is 54.2 Å². The maximum Gasteiger partial charge on any atom is 0.229 e. The molecule has 146 valence electrons. The summed E-state index contributed by atoms with van der Waals surface area (Å²) in [4.78, 5) is 34.4. The molecule has 0 unspecified atom stereocenters. The van der Waals surface area contributed by atoms with Crippen LogP contribution < -0.4 is 5.32 Å². The summed E-state index contributed by atoms with van der Waals surface area (Å²) in [6.07, 6.45) is 5.52. The van der Waals surface area contributed by atoms with E-state index < -0.39 is 0 Å². The molecule has 6 nitrogen and oxygen atoms in total. The minimum absolute atomic E-state index is 0.0784. The summed E-state index contributed by atoms with van der Waals surface area (Å²) >= 11 is 0. The number of likely N-dealkylation sites (tertiary alicyclic amines) is 1. The van der Waals surface area contributed by atoms with E-state index in [0.717, 1.165) is 33.4 Å². The number of piperidine rings is 1. The molecule has 0 spiro atoms. The fourth-order valence-electron chi connectivity index (χ4n) is 3.78. The minimum Gasteiger partial charge on any atom is -0.367 e. The van der Waals surface area contributed by atoms with Crippen molar-refractivity contribution in [2.75, 3.05) is 5.32 Å². The smallest absolute Gasteiger partial charge is 0.229 e. The van der Waals surface area contributed by atoms with Gasteiger partial charge >= 0.3 is 0 Å². The third-order valence-corrected chi connectivity index (χ3v) is 5.54. The van der Waals surface area contributed by atoms with Crippen LogP contribution >= 0.6 is 0 Å². The van der Waals surface area contributed by atoms with Gasteiger partial charge in [0.2, 0.25) is 11.8 Å². The first kappa shape index (κ1) is 17.8. The number of carbonyl (C=O) groups excluding carboxylic acids is 2. The second kappa shape index (κ2) is 7.28. The van der Waals surface area contributed by atoms with Crippen LogP contribution in [0.3, 0.4) is 0 Å². The molecule has 3 aromatic rings. The van der Waals surface area contributed by atoms with E-state index in [1.165, 1.54) is 17.7 Å². The van der Waals surface area contributed by atoms with Gasteiger partial charge in [-0.15, -0.1) is 0 Å². The molecule has 2 aliphatic rings. The molecule has 2 fully saturated rings. The highest BCUT2D eigenvalue weighted by Gasteiger charge is 2.26. The van der Waals surface area contributed by atoms with Gasteiger partial charge in [-0.3, -0.25) is 14.5 Å². The van der Waals surface area contributed by atoms with E-state index in [1.807, 2.05) is 36.4 Å². The van der Waals surface area contributed by atoms with Crippen LogP contribution in [0.2, 0.25) is 0 Å². The zero-order valence-corrected chi connectivity index (χ0v) is 16.1. The molecule has 0 bridgehead atoms. The van der Waals surface area contributed by atoms with E-state index in [9.17, 15) is 9.59 Å². The van der Waals surface area contributed by atoms with Crippen molar-refractivity contribution in [3.63, 3.8) is 0 Å². The predicted molar refractivity (Wildman–Crippen MR) is 111 cm³/mol. The number of benzene rings is 2. The van der Waals surface area contributed by atoms with Gasteiger partial charge in [0, 0.05) is 24.3 Å². The second-order valence-corrected chi connectivity index (χ2v) is 7.80. The third-order valence-electron chi connectivity index (χ3n) is 5.54. The summed E-state index contributed by atoms with van der Waals surface area (Å²) in [6.45, 7) is 0.330. The molecule has 1 aliphatic heterocycles. The SMILES string of the molecule is O=C1CCCC(=O)N1Cc1cccc(-c2ccc3ncnc(NC4CC4)c3c2)c1. The van der Waals surface area contributed by atoms with Gasteiger partial charge < -0.3 is 5.32 Å². The molecule has 2 amide bonds. The standard InChI is InChI=1S/C23H22N4O2/c28-21-5-2-6-22(29)27(21)13-15-3-1-4-16(11-15)17-7-10-20-19(12-17)23(25-14-24-20)26-18-8-9-18/h1,3-4,7,10-12,14,18H,2,5-6,8-9,13H2,(H,24,25,26). The Morgan fingerprint density at radius 3 is 2.55 bits per heavy atom. The van der Waals surface area contributed by atoms with Crippen molar-refractivity contribution < 1.29 is 9.59 Å². The summed E-state index contributed by atoms with van der Waals surface area (Å²) in [5, 5.41) is 4.48. The lowest BCUT2D eigenvalue weighted by Gasteiger charge is -2.25. The van der Waals surface area contributed by atoms with Gasteiger partial charge in [0.25, 0.3) is 0 Å². The number of rotatable bonds is 5. The lowest BCUT2D eigenvalue weighted by Crippen LogP contribution is -2.39. The molecule has 5 rings (SSSR count). The first-order valence-electron chi connectivity index (χ1n) is 10.1. The topological polar surface area (TPSA) is 75.2 Å². The van der Waals surface area contributed by atoms with Crippen LogP contribution in [0.25, 0.3) is 22.0 Å². The predicted octanol–water partition coefficient (Wildman–Crippen LogP) is 3.91. The quantitative estimate of drug-likeness (QED) is 0.673. The summed E-state index contributed by atoms with van der Waals surface area (Å²) in [6, 6.07) is 14.7. The highest BCUT2D eigenvalue weighted by molar-refractivity contribution is 5.97. The lowest BCUT2D eigenvalue weighted by molar-refractivity contribution is -0.148. The van der Waals surface area contributed by atoms with Crippen LogP contribution in [0.15, 0.2) is 48.8 Å². The number of fused-ring (bicyclic) bond motifs is 1. The summed E-state index contributed by atoms with van der Waals surface area (Å²) < 4.78 is 0. The Labute approximate surface area is 169 Å². The first-order valence-corrected chi connectivity index (χ1v) is 10.1. The van der Waals surface area contributed by atoms with Crippen molar-refractivity contribution >= 4 is 28.5 Å². The van der Waals surface area contributed by atoms with Crippen molar-refractivity contribution in [1.82, 2.24) is 14.9 Å². The molecule has 0 atom stereocenters. The van der Waals surface area contributed by atoms with Crippen LogP contribution in [0.1, 0.15) is 37.7 Å². The average Bonchev–Trinajstić information content (AvgIpc) is 3.55. The lowest BCUT2D eigenvalue weighted by atomic mass is 10.0. The van der Waals surface area contributed by atoms with Crippen molar-refractivity contribution in [1.29, 1.82) is 0 Å². The first-order chi connectivity index (χ1) is 14.2. The number of nitrogens with zero attached hydrogens (tertiary/aromatic N) is 3. The van der Waals surface area contributed by atoms with Gasteiger partial charge in [0.1, 0.15) is 12.1 Å². The Balaban J connectivity index is 1.46. The Hall–Kier alpha value is -3.28.